The molecule has 0 aliphatic rings. The Kier molecular flexibility index (Phi) is 6.56. The van der Waals surface area contributed by atoms with Crippen LogP contribution in [0.25, 0.3) is 0 Å². The number of amides is 1. The predicted octanol–water partition coefficient (Wildman–Crippen LogP) is 0.890. The van der Waals surface area contributed by atoms with E-state index in [1.165, 1.54) is 23.3 Å². The predicted molar refractivity (Wildman–Crippen MR) is 70.9 cm³/mol. The SMILES string of the molecule is COCC(O)CN(C)C(=O)Cc1nc(CCl)cs1. The number of alkyl halides is 1. The van der Waals surface area contributed by atoms with Gasteiger partial charge in [0.05, 0.1) is 30.7 Å². The fourth-order valence-corrected chi connectivity index (χ4v) is 2.43. The third kappa shape index (κ3) is 4.89. The highest BCUT2D eigenvalue weighted by molar-refractivity contribution is 7.09. The molecule has 0 aromatic carbocycles. The molecule has 0 spiro atoms. The molecule has 102 valence electrons. The fraction of sp³-hybridized carbons (Fsp3) is 0.636. The van der Waals surface area contributed by atoms with E-state index in [1.807, 2.05) is 5.38 Å². The van der Waals surface area contributed by atoms with Crippen LogP contribution in [0.5, 0.6) is 0 Å². The number of rotatable bonds is 7. The molecule has 0 saturated carbocycles. The minimum Gasteiger partial charge on any atom is -0.389 e. The molecular formula is C11H17ClN2O3S. The average Bonchev–Trinajstić information content (AvgIpc) is 2.76. The highest BCUT2D eigenvalue weighted by atomic mass is 35.5. The molecule has 1 aromatic rings. The van der Waals surface area contributed by atoms with E-state index in [0.717, 1.165) is 10.7 Å². The minimum absolute atomic E-state index is 0.0828. The van der Waals surface area contributed by atoms with Crippen molar-refractivity contribution in [3.05, 3.63) is 16.1 Å². The number of hydrogen-bond donors (Lipinski definition) is 1. The lowest BCUT2D eigenvalue weighted by Gasteiger charge is -2.19. The van der Waals surface area contributed by atoms with Crippen LogP contribution in [-0.4, -0.2) is 54.3 Å². The number of aromatic nitrogens is 1. The van der Waals surface area contributed by atoms with Gasteiger partial charge in [-0.25, -0.2) is 4.98 Å². The summed E-state index contributed by atoms with van der Waals surface area (Å²) in [5.41, 5.74) is 0.784. The molecule has 0 radical (unpaired) electrons. The lowest BCUT2D eigenvalue weighted by Crippen LogP contribution is -2.37. The third-order valence-electron chi connectivity index (χ3n) is 2.31. The van der Waals surface area contributed by atoms with Gasteiger partial charge in [0.25, 0.3) is 0 Å². The van der Waals surface area contributed by atoms with Crippen LogP contribution in [0.2, 0.25) is 0 Å². The van der Waals surface area contributed by atoms with Gasteiger partial charge >= 0.3 is 0 Å². The molecule has 0 bridgehead atoms. The number of aliphatic hydroxyl groups excluding tert-OH is 1. The third-order valence-corrected chi connectivity index (χ3v) is 3.48. The number of halogens is 1. The molecule has 5 nitrogen and oxygen atoms in total. The van der Waals surface area contributed by atoms with Gasteiger partial charge in [-0.1, -0.05) is 0 Å². The van der Waals surface area contributed by atoms with Crippen molar-refractivity contribution in [2.75, 3.05) is 27.3 Å². The van der Waals surface area contributed by atoms with Crippen molar-refractivity contribution in [3.8, 4) is 0 Å². The monoisotopic (exact) mass is 292 g/mol. The van der Waals surface area contributed by atoms with Crippen molar-refractivity contribution in [1.82, 2.24) is 9.88 Å². The molecule has 0 fully saturated rings. The summed E-state index contributed by atoms with van der Waals surface area (Å²) < 4.78 is 4.81. The first-order valence-electron chi connectivity index (χ1n) is 5.47. The zero-order valence-corrected chi connectivity index (χ0v) is 12.0. The molecule has 1 heterocycles. The Labute approximate surface area is 115 Å². The summed E-state index contributed by atoms with van der Waals surface area (Å²) in [6.07, 6.45) is -0.434. The minimum atomic E-state index is -0.668. The molecule has 1 aromatic heterocycles. The molecule has 18 heavy (non-hydrogen) atoms. The van der Waals surface area contributed by atoms with E-state index >= 15 is 0 Å². The van der Waals surface area contributed by atoms with E-state index in [4.69, 9.17) is 16.3 Å². The van der Waals surface area contributed by atoms with Crippen LogP contribution in [0.3, 0.4) is 0 Å². The molecular weight excluding hydrogens is 276 g/mol. The highest BCUT2D eigenvalue weighted by Crippen LogP contribution is 2.13. The number of likely N-dealkylation sites (N-methyl/N-ethyl adjacent to an activating group) is 1. The van der Waals surface area contributed by atoms with Crippen LogP contribution < -0.4 is 0 Å². The van der Waals surface area contributed by atoms with Gasteiger partial charge in [0.1, 0.15) is 5.01 Å². The van der Waals surface area contributed by atoms with Gasteiger partial charge in [-0.05, 0) is 0 Å². The second-order valence-corrected chi connectivity index (χ2v) is 5.14. The Morgan fingerprint density at radius 1 is 1.72 bits per heavy atom. The molecule has 1 N–H and O–H groups in total. The van der Waals surface area contributed by atoms with E-state index in [0.29, 0.717) is 5.88 Å². The Balaban J connectivity index is 2.44. The molecule has 1 rings (SSSR count). The van der Waals surface area contributed by atoms with E-state index in [2.05, 4.69) is 4.98 Å². The Morgan fingerprint density at radius 3 is 3.00 bits per heavy atom. The Hall–Kier alpha value is -0.690. The number of methoxy groups -OCH3 is 1. The molecule has 1 amide bonds. The van der Waals surface area contributed by atoms with Crippen molar-refractivity contribution in [2.45, 2.75) is 18.4 Å². The largest absolute Gasteiger partial charge is 0.389 e. The van der Waals surface area contributed by atoms with Crippen molar-refractivity contribution >= 4 is 28.8 Å². The van der Waals surface area contributed by atoms with Gasteiger partial charge in [-0.15, -0.1) is 22.9 Å². The van der Waals surface area contributed by atoms with Crippen LogP contribution >= 0.6 is 22.9 Å². The normalized spacial score (nSPS) is 12.4. The summed E-state index contributed by atoms with van der Waals surface area (Å²) in [6, 6.07) is 0. The van der Waals surface area contributed by atoms with Crippen LogP contribution in [0.1, 0.15) is 10.7 Å². The molecule has 7 heteroatoms. The lowest BCUT2D eigenvalue weighted by molar-refractivity contribution is -0.130. The maximum Gasteiger partial charge on any atom is 0.229 e. The molecule has 1 atom stereocenters. The van der Waals surface area contributed by atoms with Gasteiger partial charge in [0, 0.05) is 26.1 Å². The van der Waals surface area contributed by atoms with E-state index in [1.54, 1.807) is 7.05 Å². The average molecular weight is 293 g/mol. The molecule has 0 saturated heterocycles. The molecule has 0 aliphatic carbocycles. The number of carbonyl (C=O) groups excluding carboxylic acids is 1. The molecule has 0 aliphatic heterocycles. The second kappa shape index (κ2) is 7.68. The van der Waals surface area contributed by atoms with Crippen LogP contribution in [-0.2, 0) is 21.8 Å². The van der Waals surface area contributed by atoms with Crippen molar-refractivity contribution < 1.29 is 14.6 Å². The molecule has 1 unspecified atom stereocenters. The summed E-state index contributed by atoms with van der Waals surface area (Å²) in [5, 5.41) is 12.1. The second-order valence-electron chi connectivity index (χ2n) is 3.93. The van der Waals surface area contributed by atoms with Crippen LogP contribution in [0, 0.1) is 0 Å². The number of thiazole rings is 1. The number of nitrogens with zero attached hydrogens (tertiary/aromatic N) is 2. The van der Waals surface area contributed by atoms with E-state index < -0.39 is 6.10 Å². The number of aliphatic hydroxyl groups is 1. The van der Waals surface area contributed by atoms with E-state index in [-0.39, 0.29) is 25.5 Å². The zero-order valence-electron chi connectivity index (χ0n) is 10.4. The maximum absolute atomic E-state index is 11.9. The van der Waals surface area contributed by atoms with Gasteiger partial charge < -0.3 is 14.7 Å². The Bertz CT molecular complexity index is 386. The standard InChI is InChI=1S/C11H17ClN2O3S/c1-14(5-9(15)6-17-2)11(16)3-10-13-8(4-12)7-18-10/h7,9,15H,3-6H2,1-2H3. The van der Waals surface area contributed by atoms with Crippen LogP contribution in [0.4, 0.5) is 0 Å². The van der Waals surface area contributed by atoms with Crippen molar-refractivity contribution in [3.63, 3.8) is 0 Å². The summed E-state index contributed by atoms with van der Waals surface area (Å²) >= 11 is 7.06. The van der Waals surface area contributed by atoms with Crippen molar-refractivity contribution in [2.24, 2.45) is 0 Å². The van der Waals surface area contributed by atoms with Gasteiger partial charge in [-0.2, -0.15) is 0 Å². The summed E-state index contributed by atoms with van der Waals surface area (Å²) in [7, 11) is 3.16. The van der Waals surface area contributed by atoms with Gasteiger partial charge in [0.2, 0.25) is 5.91 Å². The zero-order chi connectivity index (χ0) is 13.5. The maximum atomic E-state index is 11.9. The lowest BCUT2D eigenvalue weighted by atomic mass is 10.3. The number of carbonyl (C=O) groups is 1. The fourth-order valence-electron chi connectivity index (χ4n) is 1.42. The van der Waals surface area contributed by atoms with Crippen LogP contribution in [0.15, 0.2) is 5.38 Å². The summed E-state index contributed by atoms with van der Waals surface area (Å²) in [4.78, 5) is 17.6. The first-order valence-corrected chi connectivity index (χ1v) is 6.88. The highest BCUT2D eigenvalue weighted by Gasteiger charge is 2.15. The first kappa shape index (κ1) is 15.4. The smallest absolute Gasteiger partial charge is 0.229 e. The number of hydrogen-bond acceptors (Lipinski definition) is 5. The van der Waals surface area contributed by atoms with Crippen molar-refractivity contribution in [1.29, 1.82) is 0 Å². The van der Waals surface area contributed by atoms with Gasteiger partial charge in [0.15, 0.2) is 0 Å². The Morgan fingerprint density at radius 2 is 2.44 bits per heavy atom. The summed E-state index contributed by atoms with van der Waals surface area (Å²) in [5.74, 6) is 0.271. The first-order chi connectivity index (χ1) is 8.56. The summed E-state index contributed by atoms with van der Waals surface area (Å²) in [6.45, 7) is 0.464. The topological polar surface area (TPSA) is 62.7 Å². The quantitative estimate of drug-likeness (QED) is 0.758. The van der Waals surface area contributed by atoms with E-state index in [9.17, 15) is 9.90 Å². The van der Waals surface area contributed by atoms with Gasteiger partial charge in [-0.3, -0.25) is 4.79 Å². The number of ether oxygens (including phenoxy) is 1.